The summed E-state index contributed by atoms with van der Waals surface area (Å²) < 4.78 is 66.8. The van der Waals surface area contributed by atoms with Gasteiger partial charge in [0.05, 0.1) is 23.0 Å². The van der Waals surface area contributed by atoms with Gasteiger partial charge < -0.3 is 9.80 Å². The molecule has 0 spiro atoms. The standard InChI is InChI=1S/C19H27F3N4O4S/c1-14(23-31(29,30)16-8-5-4-7-15(16)19(20,21)22)18(28)26-10-6-9-25(11-12-26)13-17(27)24(2)3/h4-5,7-8,14,23H,6,9-13H2,1-3H3/t14-/m0/s1. The van der Waals surface area contributed by atoms with Crippen LogP contribution >= 0.6 is 0 Å². The Bertz CT molecular complexity index is 906. The molecule has 174 valence electrons. The Morgan fingerprint density at radius 2 is 1.77 bits per heavy atom. The van der Waals surface area contributed by atoms with Crippen LogP contribution in [0.5, 0.6) is 0 Å². The van der Waals surface area contributed by atoms with Crippen molar-refractivity contribution in [2.45, 2.75) is 30.5 Å². The maximum Gasteiger partial charge on any atom is 0.417 e. The van der Waals surface area contributed by atoms with Gasteiger partial charge >= 0.3 is 6.18 Å². The van der Waals surface area contributed by atoms with E-state index in [2.05, 4.69) is 4.72 Å². The highest BCUT2D eigenvalue weighted by atomic mass is 32.2. The smallest absolute Gasteiger partial charge is 0.348 e. The molecule has 0 unspecified atom stereocenters. The number of likely N-dealkylation sites (N-methyl/N-ethyl adjacent to an activating group) is 1. The Labute approximate surface area is 180 Å². The minimum absolute atomic E-state index is 0.0655. The van der Waals surface area contributed by atoms with E-state index in [0.29, 0.717) is 32.1 Å². The van der Waals surface area contributed by atoms with Crippen LogP contribution in [0.3, 0.4) is 0 Å². The first-order chi connectivity index (χ1) is 14.3. The number of benzene rings is 1. The molecule has 1 aliphatic rings. The molecule has 1 heterocycles. The summed E-state index contributed by atoms with van der Waals surface area (Å²) in [6, 6.07) is 2.57. The summed E-state index contributed by atoms with van der Waals surface area (Å²) in [4.78, 5) is 28.6. The van der Waals surface area contributed by atoms with Crippen molar-refractivity contribution in [3.05, 3.63) is 29.8 Å². The summed E-state index contributed by atoms with van der Waals surface area (Å²) in [5.41, 5.74) is -1.29. The Hall–Kier alpha value is -2.18. The predicted molar refractivity (Wildman–Crippen MR) is 108 cm³/mol. The van der Waals surface area contributed by atoms with E-state index in [1.807, 2.05) is 4.90 Å². The summed E-state index contributed by atoms with van der Waals surface area (Å²) in [5.74, 6) is -0.599. The molecule has 1 N–H and O–H groups in total. The Morgan fingerprint density at radius 1 is 1.13 bits per heavy atom. The van der Waals surface area contributed by atoms with Gasteiger partial charge in [0.15, 0.2) is 0 Å². The Kier molecular flexibility index (Phi) is 8.06. The van der Waals surface area contributed by atoms with E-state index >= 15 is 0 Å². The van der Waals surface area contributed by atoms with Gasteiger partial charge in [0.2, 0.25) is 21.8 Å². The summed E-state index contributed by atoms with van der Waals surface area (Å²) in [5, 5.41) is 0. The van der Waals surface area contributed by atoms with Crippen LogP contribution in [0.15, 0.2) is 29.2 Å². The van der Waals surface area contributed by atoms with Gasteiger partial charge in [-0.25, -0.2) is 8.42 Å². The van der Waals surface area contributed by atoms with Gasteiger partial charge in [0, 0.05) is 40.3 Å². The molecular formula is C19H27F3N4O4S. The van der Waals surface area contributed by atoms with Crippen LogP contribution in [0.2, 0.25) is 0 Å². The van der Waals surface area contributed by atoms with Crippen LogP contribution in [0, 0.1) is 0 Å². The van der Waals surface area contributed by atoms with Crippen LogP contribution in [0.1, 0.15) is 18.9 Å². The highest BCUT2D eigenvalue weighted by Crippen LogP contribution is 2.33. The maximum atomic E-state index is 13.2. The Balaban J connectivity index is 2.06. The van der Waals surface area contributed by atoms with Crippen LogP contribution in [-0.4, -0.2) is 87.8 Å². The average molecular weight is 465 g/mol. The lowest BCUT2D eigenvalue weighted by Crippen LogP contribution is -2.48. The van der Waals surface area contributed by atoms with E-state index in [-0.39, 0.29) is 19.0 Å². The molecule has 0 aromatic heterocycles. The molecule has 8 nitrogen and oxygen atoms in total. The lowest BCUT2D eigenvalue weighted by Gasteiger charge is -2.25. The van der Waals surface area contributed by atoms with Gasteiger partial charge in [-0.05, 0) is 25.5 Å². The van der Waals surface area contributed by atoms with E-state index < -0.39 is 38.6 Å². The molecule has 0 bridgehead atoms. The number of nitrogens with zero attached hydrogens (tertiary/aromatic N) is 3. The number of amides is 2. The van der Waals surface area contributed by atoms with E-state index in [0.717, 1.165) is 12.1 Å². The van der Waals surface area contributed by atoms with E-state index in [4.69, 9.17) is 0 Å². The van der Waals surface area contributed by atoms with Gasteiger partial charge in [0.25, 0.3) is 0 Å². The van der Waals surface area contributed by atoms with Crippen molar-refractivity contribution >= 4 is 21.8 Å². The number of halogens is 3. The van der Waals surface area contributed by atoms with Crippen LogP contribution in [-0.2, 0) is 25.8 Å². The van der Waals surface area contributed by atoms with Gasteiger partial charge in [-0.1, -0.05) is 12.1 Å². The number of hydrogen-bond acceptors (Lipinski definition) is 5. The topological polar surface area (TPSA) is 90.0 Å². The van der Waals surface area contributed by atoms with Gasteiger partial charge in [-0.3, -0.25) is 14.5 Å². The van der Waals surface area contributed by atoms with Gasteiger partial charge in [0.1, 0.15) is 0 Å². The van der Waals surface area contributed by atoms with Crippen molar-refractivity contribution in [1.82, 2.24) is 19.4 Å². The lowest BCUT2D eigenvalue weighted by molar-refractivity contribution is -0.140. The minimum Gasteiger partial charge on any atom is -0.348 e. The summed E-state index contributed by atoms with van der Waals surface area (Å²) in [6.45, 7) is 3.19. The first kappa shape index (κ1) is 25.1. The zero-order valence-corrected chi connectivity index (χ0v) is 18.5. The number of rotatable bonds is 6. The molecule has 1 fully saturated rings. The van der Waals surface area contributed by atoms with Crippen molar-refractivity contribution < 1.29 is 31.2 Å². The molecule has 1 saturated heterocycles. The fourth-order valence-electron chi connectivity index (χ4n) is 3.24. The molecule has 1 aliphatic heterocycles. The van der Waals surface area contributed by atoms with Crippen LogP contribution < -0.4 is 4.72 Å². The lowest BCUT2D eigenvalue weighted by atomic mass is 10.2. The van der Waals surface area contributed by atoms with E-state index in [1.54, 1.807) is 14.1 Å². The second kappa shape index (κ2) is 9.96. The molecule has 1 atom stereocenters. The van der Waals surface area contributed by atoms with E-state index in [1.165, 1.54) is 22.8 Å². The molecule has 2 amide bonds. The van der Waals surface area contributed by atoms with Crippen molar-refractivity contribution in [3.8, 4) is 0 Å². The summed E-state index contributed by atoms with van der Waals surface area (Å²) >= 11 is 0. The number of hydrogen-bond donors (Lipinski definition) is 1. The molecule has 0 radical (unpaired) electrons. The number of carbonyl (C=O) groups excluding carboxylic acids is 2. The third kappa shape index (κ3) is 6.65. The monoisotopic (exact) mass is 464 g/mol. The molecule has 0 aliphatic carbocycles. The fraction of sp³-hybridized carbons (Fsp3) is 0.579. The fourth-order valence-corrected chi connectivity index (χ4v) is 4.66. The Morgan fingerprint density at radius 3 is 2.39 bits per heavy atom. The van der Waals surface area contributed by atoms with Crippen molar-refractivity contribution in [3.63, 3.8) is 0 Å². The first-order valence-electron chi connectivity index (χ1n) is 9.73. The zero-order chi connectivity index (χ0) is 23.4. The molecule has 1 aromatic carbocycles. The largest absolute Gasteiger partial charge is 0.417 e. The minimum atomic E-state index is -4.85. The number of alkyl halides is 3. The number of sulfonamides is 1. The highest BCUT2D eigenvalue weighted by Gasteiger charge is 2.38. The molecule has 0 saturated carbocycles. The second-order valence-electron chi connectivity index (χ2n) is 7.58. The number of nitrogens with one attached hydrogen (secondary N) is 1. The predicted octanol–water partition coefficient (Wildman–Crippen LogP) is 0.995. The van der Waals surface area contributed by atoms with E-state index in [9.17, 15) is 31.2 Å². The van der Waals surface area contributed by atoms with Crippen molar-refractivity contribution in [2.75, 3.05) is 46.8 Å². The molecule has 2 rings (SSSR count). The second-order valence-corrected chi connectivity index (χ2v) is 9.26. The molecule has 1 aromatic rings. The summed E-state index contributed by atoms with van der Waals surface area (Å²) in [6.07, 6.45) is -4.26. The normalized spacial score (nSPS) is 17.2. The third-order valence-corrected chi connectivity index (χ3v) is 6.54. The van der Waals surface area contributed by atoms with Crippen molar-refractivity contribution in [2.24, 2.45) is 0 Å². The molecular weight excluding hydrogens is 437 g/mol. The SMILES string of the molecule is C[C@H](NS(=O)(=O)c1ccccc1C(F)(F)F)C(=O)N1CCCN(CC(=O)N(C)C)CC1. The third-order valence-electron chi connectivity index (χ3n) is 4.94. The van der Waals surface area contributed by atoms with Gasteiger partial charge in [-0.2, -0.15) is 17.9 Å². The quantitative estimate of drug-likeness (QED) is 0.679. The average Bonchev–Trinajstić information content (AvgIpc) is 2.91. The summed E-state index contributed by atoms with van der Waals surface area (Å²) in [7, 11) is -1.27. The molecule has 12 heteroatoms. The van der Waals surface area contributed by atoms with Crippen LogP contribution in [0.4, 0.5) is 13.2 Å². The number of carbonyl (C=O) groups is 2. The van der Waals surface area contributed by atoms with Gasteiger partial charge in [-0.15, -0.1) is 0 Å². The maximum absolute atomic E-state index is 13.2. The van der Waals surface area contributed by atoms with Crippen molar-refractivity contribution in [1.29, 1.82) is 0 Å². The molecule has 31 heavy (non-hydrogen) atoms. The first-order valence-corrected chi connectivity index (χ1v) is 11.2. The zero-order valence-electron chi connectivity index (χ0n) is 17.6. The van der Waals surface area contributed by atoms with Crippen LogP contribution in [0.25, 0.3) is 0 Å². The highest BCUT2D eigenvalue weighted by molar-refractivity contribution is 7.89.